The fourth-order valence-corrected chi connectivity index (χ4v) is 2.40. The number of carbonyl (C=O) groups is 2. The summed E-state index contributed by atoms with van der Waals surface area (Å²) in [6, 6.07) is -1.00. The first-order valence-corrected chi connectivity index (χ1v) is 8.71. The summed E-state index contributed by atoms with van der Waals surface area (Å²) in [5, 5.41) is 30.6. The second-order valence-corrected chi connectivity index (χ2v) is 7.49. The van der Waals surface area contributed by atoms with Gasteiger partial charge in [0, 0.05) is 13.1 Å². The third kappa shape index (κ3) is 13.6. The number of unbranched alkanes of at least 4 members (excludes halogenated alkanes) is 1. The van der Waals surface area contributed by atoms with Gasteiger partial charge < -0.3 is 25.4 Å². The highest BCUT2D eigenvalue weighted by Gasteiger charge is 2.23. The van der Waals surface area contributed by atoms with E-state index < -0.39 is 35.9 Å². The molecule has 0 aromatic rings. The highest BCUT2D eigenvalue weighted by molar-refractivity contribution is 5.79. The third-order valence-corrected chi connectivity index (χ3v) is 3.25. The Morgan fingerprint density at radius 3 is 2.00 bits per heavy atom. The molecule has 0 aliphatic rings. The van der Waals surface area contributed by atoms with Crippen LogP contribution in [0.5, 0.6) is 0 Å². The number of aliphatic hydroxyl groups excluding tert-OH is 2. The Kier molecular flexibility index (Phi) is 10.7. The molecular formula is C17H34N2O6. The van der Waals surface area contributed by atoms with Crippen molar-refractivity contribution in [2.75, 3.05) is 19.6 Å². The van der Waals surface area contributed by atoms with Crippen LogP contribution in [0.2, 0.25) is 0 Å². The Morgan fingerprint density at radius 2 is 1.60 bits per heavy atom. The number of aliphatic hydroxyl groups is 2. The number of aliphatic carboxylic acids is 1. The summed E-state index contributed by atoms with van der Waals surface area (Å²) in [7, 11) is 0. The molecule has 0 spiro atoms. The van der Waals surface area contributed by atoms with E-state index in [4.69, 9.17) is 4.74 Å². The zero-order valence-electron chi connectivity index (χ0n) is 16.0. The van der Waals surface area contributed by atoms with Gasteiger partial charge in [0.1, 0.15) is 11.6 Å². The number of nitrogens with one attached hydrogen (secondary N) is 1. The van der Waals surface area contributed by atoms with Crippen LogP contribution >= 0.6 is 0 Å². The predicted molar refractivity (Wildman–Crippen MR) is 94.4 cm³/mol. The van der Waals surface area contributed by atoms with Gasteiger partial charge in [-0.25, -0.2) is 9.59 Å². The number of carbonyl (C=O) groups excluding carboxylic acids is 1. The summed E-state index contributed by atoms with van der Waals surface area (Å²) in [6.45, 7) is 10.0. The average Bonchev–Trinajstić information content (AvgIpc) is 2.38. The molecule has 0 aromatic carbocycles. The molecule has 0 rings (SSSR count). The Morgan fingerprint density at radius 1 is 1.08 bits per heavy atom. The quantitative estimate of drug-likeness (QED) is 0.408. The number of amides is 1. The molecule has 8 nitrogen and oxygen atoms in total. The molecule has 0 unspecified atom stereocenters. The molecule has 148 valence electrons. The minimum atomic E-state index is -1.10. The molecule has 0 saturated heterocycles. The lowest BCUT2D eigenvalue weighted by molar-refractivity contribution is -0.139. The first kappa shape index (κ1) is 23.6. The van der Waals surface area contributed by atoms with E-state index in [1.807, 2.05) is 4.90 Å². The largest absolute Gasteiger partial charge is 0.480 e. The molecule has 0 aromatic heterocycles. The number of alkyl carbamates (subject to hydrolysis) is 1. The number of carboxylic acids is 1. The summed E-state index contributed by atoms with van der Waals surface area (Å²) in [5.41, 5.74) is -0.685. The van der Waals surface area contributed by atoms with E-state index in [0.29, 0.717) is 32.5 Å². The molecule has 25 heavy (non-hydrogen) atoms. The van der Waals surface area contributed by atoms with Gasteiger partial charge in [0.25, 0.3) is 0 Å². The molecular weight excluding hydrogens is 328 g/mol. The van der Waals surface area contributed by atoms with Crippen molar-refractivity contribution in [1.82, 2.24) is 10.2 Å². The molecule has 4 N–H and O–H groups in total. The summed E-state index contributed by atoms with van der Waals surface area (Å²) < 4.78 is 5.07. The van der Waals surface area contributed by atoms with Gasteiger partial charge >= 0.3 is 12.1 Å². The van der Waals surface area contributed by atoms with E-state index in [2.05, 4.69) is 5.32 Å². The van der Waals surface area contributed by atoms with Crippen LogP contribution in [0.15, 0.2) is 0 Å². The Labute approximate surface area is 150 Å². The van der Waals surface area contributed by atoms with Crippen LogP contribution in [0, 0.1) is 0 Å². The van der Waals surface area contributed by atoms with Crippen LogP contribution in [0.1, 0.15) is 53.9 Å². The van der Waals surface area contributed by atoms with Crippen molar-refractivity contribution < 1.29 is 29.6 Å². The zero-order valence-corrected chi connectivity index (χ0v) is 16.0. The second kappa shape index (κ2) is 11.3. The van der Waals surface area contributed by atoms with Crippen LogP contribution in [0.4, 0.5) is 4.79 Å². The van der Waals surface area contributed by atoms with E-state index in [9.17, 15) is 24.9 Å². The highest BCUT2D eigenvalue weighted by Crippen LogP contribution is 2.09. The molecule has 0 bridgehead atoms. The summed E-state index contributed by atoms with van der Waals surface area (Å²) in [4.78, 5) is 24.9. The number of hydrogen-bond acceptors (Lipinski definition) is 6. The number of carboxylic acid groups (broad SMARTS) is 1. The average molecular weight is 362 g/mol. The first-order chi connectivity index (χ1) is 11.4. The molecule has 0 fully saturated rings. The topological polar surface area (TPSA) is 119 Å². The van der Waals surface area contributed by atoms with E-state index in [1.54, 1.807) is 34.6 Å². The lowest BCUT2D eigenvalue weighted by atomic mass is 10.1. The second-order valence-electron chi connectivity index (χ2n) is 7.49. The summed E-state index contributed by atoms with van der Waals surface area (Å²) in [6.07, 6.45) is -0.183. The van der Waals surface area contributed by atoms with Crippen LogP contribution in [0.3, 0.4) is 0 Å². The number of rotatable bonds is 11. The zero-order chi connectivity index (χ0) is 19.6. The number of nitrogens with zero attached hydrogens (tertiary/aromatic N) is 1. The van der Waals surface area contributed by atoms with Gasteiger partial charge in [-0.3, -0.25) is 4.90 Å². The molecule has 0 saturated carbocycles. The molecule has 0 aliphatic heterocycles. The molecule has 1 amide bonds. The Balaban J connectivity index is 4.33. The fourth-order valence-electron chi connectivity index (χ4n) is 2.40. The maximum absolute atomic E-state index is 11.7. The number of hydrogen-bond donors (Lipinski definition) is 4. The Bertz CT molecular complexity index is 396. The van der Waals surface area contributed by atoms with E-state index in [-0.39, 0.29) is 6.42 Å². The maximum atomic E-state index is 11.7. The maximum Gasteiger partial charge on any atom is 0.408 e. The van der Waals surface area contributed by atoms with Gasteiger partial charge in [-0.05, 0) is 60.4 Å². The van der Waals surface area contributed by atoms with Gasteiger partial charge in [0.05, 0.1) is 12.2 Å². The van der Waals surface area contributed by atoms with Gasteiger partial charge in [0.2, 0.25) is 0 Å². The van der Waals surface area contributed by atoms with Crippen molar-refractivity contribution in [3.63, 3.8) is 0 Å². The van der Waals surface area contributed by atoms with Crippen LogP contribution in [0.25, 0.3) is 0 Å². The molecule has 0 heterocycles. The predicted octanol–water partition coefficient (Wildman–Crippen LogP) is 1.20. The lowest BCUT2D eigenvalue weighted by Crippen LogP contribution is -2.43. The molecule has 0 radical (unpaired) electrons. The smallest absolute Gasteiger partial charge is 0.408 e. The van der Waals surface area contributed by atoms with Crippen molar-refractivity contribution in [1.29, 1.82) is 0 Å². The van der Waals surface area contributed by atoms with E-state index >= 15 is 0 Å². The van der Waals surface area contributed by atoms with Gasteiger partial charge in [-0.1, -0.05) is 0 Å². The van der Waals surface area contributed by atoms with Crippen LogP contribution in [-0.2, 0) is 9.53 Å². The number of ether oxygens (including phenoxy) is 1. The molecule has 0 aliphatic carbocycles. The third-order valence-electron chi connectivity index (χ3n) is 3.25. The lowest BCUT2D eigenvalue weighted by Gasteiger charge is -2.25. The van der Waals surface area contributed by atoms with Crippen molar-refractivity contribution in [2.45, 2.75) is 77.7 Å². The van der Waals surface area contributed by atoms with E-state index in [1.165, 1.54) is 0 Å². The normalized spacial score (nSPS) is 15.5. The summed E-state index contributed by atoms with van der Waals surface area (Å²) in [5.74, 6) is -1.10. The minimum absolute atomic E-state index is 0.284. The standard InChI is InChI=1S/C17H34N2O6/c1-12(20)10-19(11-13(2)21)9-7-6-8-14(15(22)23)18-16(24)25-17(3,4)5/h12-14,20-21H,6-11H2,1-5H3,(H,18,24)(H,22,23)/t12-,13-,14+/m0/s1. The van der Waals surface area contributed by atoms with Crippen molar-refractivity contribution >= 4 is 12.1 Å². The van der Waals surface area contributed by atoms with Crippen molar-refractivity contribution in [2.24, 2.45) is 0 Å². The van der Waals surface area contributed by atoms with E-state index in [0.717, 1.165) is 0 Å². The van der Waals surface area contributed by atoms with Crippen molar-refractivity contribution in [3.8, 4) is 0 Å². The fraction of sp³-hybridized carbons (Fsp3) is 0.882. The summed E-state index contributed by atoms with van der Waals surface area (Å²) >= 11 is 0. The molecule has 3 atom stereocenters. The van der Waals surface area contributed by atoms with Gasteiger partial charge in [0.15, 0.2) is 0 Å². The van der Waals surface area contributed by atoms with Crippen molar-refractivity contribution in [3.05, 3.63) is 0 Å². The SMILES string of the molecule is C[C@H](O)CN(CCCC[C@@H](NC(=O)OC(C)(C)C)C(=O)O)C[C@H](C)O. The Hall–Kier alpha value is -1.38. The van der Waals surface area contributed by atoms with Gasteiger partial charge in [-0.2, -0.15) is 0 Å². The molecule has 8 heteroatoms. The minimum Gasteiger partial charge on any atom is -0.480 e. The van der Waals surface area contributed by atoms with Crippen LogP contribution < -0.4 is 5.32 Å². The first-order valence-electron chi connectivity index (χ1n) is 8.71. The monoisotopic (exact) mass is 362 g/mol. The van der Waals surface area contributed by atoms with Crippen LogP contribution in [-0.4, -0.2) is 75.8 Å². The van der Waals surface area contributed by atoms with Gasteiger partial charge in [-0.15, -0.1) is 0 Å². The highest BCUT2D eigenvalue weighted by atomic mass is 16.6.